The summed E-state index contributed by atoms with van der Waals surface area (Å²) in [5.74, 6) is -1.02. The summed E-state index contributed by atoms with van der Waals surface area (Å²) in [6.07, 6.45) is 4.22. The maximum atomic E-state index is 13.8. The average Bonchev–Trinajstić information content (AvgIpc) is 2.42. The highest BCUT2D eigenvalue weighted by Gasteiger charge is 2.19. The number of rotatable bonds is 7. The number of carbonyl (C=O) groups is 2. The van der Waals surface area contributed by atoms with Crippen LogP contribution < -0.4 is 10.6 Å². The fraction of sp³-hybridized carbons (Fsp3) is 0.571. The lowest BCUT2D eigenvalue weighted by atomic mass is 10.0. The highest BCUT2D eigenvalue weighted by Crippen LogP contribution is 2.13. The maximum Gasteiger partial charge on any atom is 0.250 e. The Kier molecular flexibility index (Phi) is 7.08. The van der Waals surface area contributed by atoms with E-state index in [0.29, 0.717) is 12.8 Å². The van der Waals surface area contributed by atoms with Crippen molar-refractivity contribution in [3.63, 3.8) is 0 Å². The van der Waals surface area contributed by atoms with E-state index in [9.17, 15) is 18.4 Å². The van der Waals surface area contributed by atoms with Crippen molar-refractivity contribution in [3.8, 4) is 0 Å². The van der Waals surface area contributed by atoms with Crippen molar-refractivity contribution in [2.24, 2.45) is 0 Å². The number of halogens is 2. The molecule has 0 fully saturated rings. The van der Waals surface area contributed by atoms with E-state index in [2.05, 4.69) is 10.6 Å². The van der Waals surface area contributed by atoms with Gasteiger partial charge in [-0.25, -0.2) is 8.78 Å². The van der Waals surface area contributed by atoms with Gasteiger partial charge >= 0.3 is 0 Å². The highest BCUT2D eigenvalue weighted by atomic mass is 19.1. The summed E-state index contributed by atoms with van der Waals surface area (Å²) < 4.78 is 25.7. The van der Waals surface area contributed by atoms with E-state index in [1.165, 1.54) is 6.08 Å². The molecule has 4 nitrogen and oxygen atoms in total. The summed E-state index contributed by atoms with van der Waals surface area (Å²) >= 11 is 0. The monoisotopic (exact) mass is 286 g/mol. The first-order valence-corrected chi connectivity index (χ1v) is 6.74. The lowest BCUT2D eigenvalue weighted by Crippen LogP contribution is -2.36. The third-order valence-electron chi connectivity index (χ3n) is 3.04. The molecular weight excluding hydrogens is 266 g/mol. The van der Waals surface area contributed by atoms with Crippen LogP contribution in [0.3, 0.4) is 0 Å². The minimum atomic E-state index is -0.582. The van der Waals surface area contributed by atoms with Gasteiger partial charge in [-0.05, 0) is 18.9 Å². The molecule has 0 radical (unpaired) electrons. The molecule has 20 heavy (non-hydrogen) atoms. The molecule has 0 bridgehead atoms. The van der Waals surface area contributed by atoms with Crippen LogP contribution in [0.1, 0.15) is 26.2 Å². The van der Waals surface area contributed by atoms with E-state index in [1.807, 2.05) is 0 Å². The smallest absolute Gasteiger partial charge is 0.250 e. The SMILES string of the molecule is CCC(C(=O)NC1C=CC(=O)CC1)=C(F)CNCCF. The number of alkyl halides is 1. The number of hydrogen-bond donors (Lipinski definition) is 2. The van der Waals surface area contributed by atoms with E-state index < -0.39 is 18.4 Å². The van der Waals surface area contributed by atoms with Gasteiger partial charge in [-0.2, -0.15) is 0 Å². The molecule has 0 spiro atoms. The largest absolute Gasteiger partial charge is 0.346 e. The van der Waals surface area contributed by atoms with Gasteiger partial charge in [-0.15, -0.1) is 0 Å². The van der Waals surface area contributed by atoms with Crippen LogP contribution in [-0.2, 0) is 9.59 Å². The van der Waals surface area contributed by atoms with E-state index in [4.69, 9.17) is 0 Å². The van der Waals surface area contributed by atoms with Crippen molar-refractivity contribution >= 4 is 11.7 Å². The van der Waals surface area contributed by atoms with E-state index in [0.717, 1.165) is 0 Å². The van der Waals surface area contributed by atoms with Crippen molar-refractivity contribution < 1.29 is 18.4 Å². The van der Waals surface area contributed by atoms with E-state index in [-0.39, 0.29) is 36.9 Å². The molecule has 0 aromatic rings. The molecule has 0 saturated carbocycles. The molecular formula is C14H20F2N2O2. The Morgan fingerprint density at radius 3 is 2.80 bits per heavy atom. The predicted octanol–water partition coefficient (Wildman–Crippen LogP) is 1.58. The Labute approximate surface area is 117 Å². The number of carbonyl (C=O) groups excluding carboxylic acids is 2. The Balaban J connectivity index is 2.59. The Morgan fingerprint density at radius 1 is 1.50 bits per heavy atom. The van der Waals surface area contributed by atoms with Gasteiger partial charge in [0.05, 0.1) is 0 Å². The molecule has 0 aromatic carbocycles. The van der Waals surface area contributed by atoms with Crippen LogP contribution in [0.4, 0.5) is 8.78 Å². The molecule has 1 aliphatic rings. The molecule has 1 unspecified atom stereocenters. The van der Waals surface area contributed by atoms with Gasteiger partial charge in [0.25, 0.3) is 0 Å². The molecule has 0 aromatic heterocycles. The first kappa shape index (κ1) is 16.5. The van der Waals surface area contributed by atoms with Gasteiger partial charge in [-0.1, -0.05) is 13.0 Å². The summed E-state index contributed by atoms with van der Waals surface area (Å²) in [6.45, 7) is 1.00. The second-order valence-electron chi connectivity index (χ2n) is 4.55. The minimum absolute atomic E-state index is 0.0309. The van der Waals surface area contributed by atoms with Crippen molar-refractivity contribution in [1.82, 2.24) is 10.6 Å². The van der Waals surface area contributed by atoms with Crippen LogP contribution in [-0.4, -0.2) is 37.5 Å². The van der Waals surface area contributed by atoms with E-state index in [1.54, 1.807) is 13.0 Å². The Bertz CT molecular complexity index is 419. The van der Waals surface area contributed by atoms with Gasteiger partial charge in [0.1, 0.15) is 12.5 Å². The summed E-state index contributed by atoms with van der Waals surface area (Å²) in [7, 11) is 0. The first-order chi connectivity index (χ1) is 9.58. The summed E-state index contributed by atoms with van der Waals surface area (Å²) in [5.41, 5.74) is 0.0571. The van der Waals surface area contributed by atoms with Crippen molar-refractivity contribution in [2.75, 3.05) is 19.8 Å². The summed E-state index contributed by atoms with van der Waals surface area (Å²) in [4.78, 5) is 23.0. The van der Waals surface area contributed by atoms with Crippen LogP contribution in [0.25, 0.3) is 0 Å². The number of allylic oxidation sites excluding steroid dienone is 1. The number of hydrogen-bond acceptors (Lipinski definition) is 3. The molecule has 112 valence electrons. The van der Waals surface area contributed by atoms with Crippen LogP contribution in [0.15, 0.2) is 23.6 Å². The van der Waals surface area contributed by atoms with Gasteiger partial charge < -0.3 is 10.6 Å². The van der Waals surface area contributed by atoms with E-state index >= 15 is 0 Å². The van der Waals surface area contributed by atoms with Crippen molar-refractivity contribution in [2.45, 2.75) is 32.2 Å². The quantitative estimate of drug-likeness (QED) is 0.552. The Hall–Kier alpha value is -1.56. The molecule has 0 saturated heterocycles. The Morgan fingerprint density at radius 2 is 2.25 bits per heavy atom. The zero-order valence-electron chi connectivity index (χ0n) is 11.5. The standard InChI is InChI=1S/C14H20F2N2O2/c1-2-12(13(16)9-17-8-7-15)14(20)18-10-3-5-11(19)6-4-10/h3,5,10,17H,2,4,6-9H2,1H3,(H,18,20). The molecule has 0 aliphatic heterocycles. The molecule has 1 aliphatic carbocycles. The molecule has 1 amide bonds. The molecule has 0 heterocycles. The fourth-order valence-electron chi connectivity index (χ4n) is 1.92. The van der Waals surface area contributed by atoms with Crippen LogP contribution in [0, 0.1) is 0 Å². The predicted molar refractivity (Wildman–Crippen MR) is 72.6 cm³/mol. The van der Waals surface area contributed by atoms with Gasteiger partial charge in [0.15, 0.2) is 5.78 Å². The maximum absolute atomic E-state index is 13.8. The lowest BCUT2D eigenvalue weighted by Gasteiger charge is -2.18. The number of nitrogens with one attached hydrogen (secondary N) is 2. The van der Waals surface area contributed by atoms with Gasteiger partial charge in [0.2, 0.25) is 5.91 Å². The fourth-order valence-corrected chi connectivity index (χ4v) is 1.92. The summed E-state index contributed by atoms with van der Waals surface area (Å²) in [6, 6.07) is -0.242. The summed E-state index contributed by atoms with van der Waals surface area (Å²) in [5, 5.41) is 5.25. The van der Waals surface area contributed by atoms with Crippen LogP contribution in [0.2, 0.25) is 0 Å². The normalized spacial score (nSPS) is 19.8. The molecule has 2 N–H and O–H groups in total. The highest BCUT2D eigenvalue weighted by molar-refractivity contribution is 5.95. The van der Waals surface area contributed by atoms with Gasteiger partial charge in [-0.3, -0.25) is 9.59 Å². The third-order valence-corrected chi connectivity index (χ3v) is 3.04. The van der Waals surface area contributed by atoms with Crippen molar-refractivity contribution in [3.05, 3.63) is 23.6 Å². The van der Waals surface area contributed by atoms with Crippen LogP contribution >= 0.6 is 0 Å². The lowest BCUT2D eigenvalue weighted by molar-refractivity contribution is -0.119. The second kappa shape index (κ2) is 8.58. The molecule has 6 heteroatoms. The third kappa shape index (κ3) is 5.21. The van der Waals surface area contributed by atoms with Crippen molar-refractivity contribution in [1.29, 1.82) is 0 Å². The van der Waals surface area contributed by atoms with Gasteiger partial charge in [0, 0.05) is 31.1 Å². The zero-order valence-corrected chi connectivity index (χ0v) is 11.5. The van der Waals surface area contributed by atoms with Crippen LogP contribution in [0.5, 0.6) is 0 Å². The molecule has 1 atom stereocenters. The topological polar surface area (TPSA) is 58.2 Å². The first-order valence-electron chi connectivity index (χ1n) is 6.74. The number of ketones is 1. The minimum Gasteiger partial charge on any atom is -0.346 e. The number of amides is 1. The molecule has 1 rings (SSSR count). The second-order valence-corrected chi connectivity index (χ2v) is 4.55. The zero-order chi connectivity index (χ0) is 15.0. The average molecular weight is 286 g/mol.